The number of nitrogens with one attached hydrogen (secondary N) is 1. The Bertz CT molecular complexity index is 638. The highest BCUT2D eigenvalue weighted by Crippen LogP contribution is 2.20. The molecule has 1 unspecified atom stereocenters. The quantitative estimate of drug-likeness (QED) is 0.557. The van der Waals surface area contributed by atoms with Gasteiger partial charge in [0.1, 0.15) is 5.60 Å². The van der Waals surface area contributed by atoms with E-state index >= 15 is 0 Å². The zero-order valence-electron chi connectivity index (χ0n) is 16.6. The number of hydrogen-bond acceptors (Lipinski definition) is 4. The average molecular weight is 373 g/mol. The first-order valence-corrected chi connectivity index (χ1v) is 9.64. The molecule has 0 saturated heterocycles. The van der Waals surface area contributed by atoms with Gasteiger partial charge < -0.3 is 15.0 Å². The molecule has 1 heterocycles. The number of hydrogen-bond donors (Lipinski definition) is 1. The van der Waals surface area contributed by atoms with Gasteiger partial charge in [-0.05, 0) is 57.6 Å². The van der Waals surface area contributed by atoms with Crippen molar-refractivity contribution in [2.75, 3.05) is 13.1 Å². The third-order valence-corrected chi connectivity index (χ3v) is 4.23. The smallest absolute Gasteiger partial charge is 0.410 e. The first-order valence-electron chi connectivity index (χ1n) is 9.64. The van der Waals surface area contributed by atoms with Crippen LogP contribution >= 0.6 is 0 Å². The third kappa shape index (κ3) is 8.24. The average Bonchev–Trinajstić information content (AvgIpc) is 3.10. The fourth-order valence-corrected chi connectivity index (χ4v) is 2.95. The summed E-state index contributed by atoms with van der Waals surface area (Å²) in [5.41, 5.74) is 0.397. The molecule has 1 aliphatic rings. The maximum Gasteiger partial charge on any atom is 0.410 e. The topological polar surface area (TPSA) is 71.5 Å². The minimum Gasteiger partial charge on any atom is -0.444 e. The number of nitrogens with zero attached hydrogens (tertiary/aromatic N) is 2. The summed E-state index contributed by atoms with van der Waals surface area (Å²) in [5.74, 6) is 0.441. The molecule has 0 fully saturated rings. The Morgan fingerprint density at radius 2 is 2.19 bits per heavy atom. The van der Waals surface area contributed by atoms with Crippen LogP contribution in [-0.4, -0.2) is 40.6 Å². The molecule has 1 atom stereocenters. The lowest BCUT2D eigenvalue weighted by atomic mass is 10.1. The van der Waals surface area contributed by atoms with Crippen molar-refractivity contribution in [3.8, 4) is 0 Å². The molecule has 2 amide bonds. The Hall–Kier alpha value is -2.37. The van der Waals surface area contributed by atoms with Crippen molar-refractivity contribution in [3.63, 3.8) is 0 Å². The van der Waals surface area contributed by atoms with E-state index in [9.17, 15) is 9.59 Å². The van der Waals surface area contributed by atoms with Gasteiger partial charge in [0.15, 0.2) is 0 Å². The van der Waals surface area contributed by atoms with Crippen molar-refractivity contribution in [1.29, 1.82) is 0 Å². The molecule has 1 aromatic heterocycles. The van der Waals surface area contributed by atoms with Crippen LogP contribution in [0.2, 0.25) is 0 Å². The van der Waals surface area contributed by atoms with E-state index < -0.39 is 5.60 Å². The number of ether oxygens (including phenoxy) is 1. The fraction of sp³-hybridized carbons (Fsp3) is 0.571. The summed E-state index contributed by atoms with van der Waals surface area (Å²) in [6.07, 6.45) is 10.7. The van der Waals surface area contributed by atoms with Gasteiger partial charge in [-0.25, -0.2) is 4.79 Å². The second-order valence-electron chi connectivity index (χ2n) is 7.94. The zero-order chi connectivity index (χ0) is 19.7. The number of aromatic nitrogens is 1. The van der Waals surface area contributed by atoms with Crippen molar-refractivity contribution in [3.05, 3.63) is 42.2 Å². The van der Waals surface area contributed by atoms with Gasteiger partial charge in [0.25, 0.3) is 0 Å². The lowest BCUT2D eigenvalue weighted by Crippen LogP contribution is -2.38. The molecule has 0 aromatic carbocycles. The van der Waals surface area contributed by atoms with E-state index in [1.165, 1.54) is 0 Å². The van der Waals surface area contributed by atoms with Crippen LogP contribution in [0.3, 0.4) is 0 Å². The summed E-state index contributed by atoms with van der Waals surface area (Å²) >= 11 is 0. The van der Waals surface area contributed by atoms with Crippen LogP contribution in [0.15, 0.2) is 36.7 Å². The molecule has 6 nitrogen and oxygen atoms in total. The normalized spacial score (nSPS) is 16.2. The summed E-state index contributed by atoms with van der Waals surface area (Å²) in [5, 5.41) is 2.95. The second-order valence-corrected chi connectivity index (χ2v) is 7.94. The van der Waals surface area contributed by atoms with Crippen LogP contribution in [0.5, 0.6) is 0 Å². The zero-order valence-corrected chi connectivity index (χ0v) is 16.6. The molecule has 0 aliphatic heterocycles. The van der Waals surface area contributed by atoms with Gasteiger partial charge in [0.2, 0.25) is 5.91 Å². The van der Waals surface area contributed by atoms with Crippen molar-refractivity contribution >= 4 is 12.0 Å². The number of allylic oxidation sites excluding steroid dienone is 2. The van der Waals surface area contributed by atoms with Gasteiger partial charge in [-0.1, -0.05) is 18.2 Å². The van der Waals surface area contributed by atoms with E-state index in [1.807, 2.05) is 32.9 Å². The predicted octanol–water partition coefficient (Wildman–Crippen LogP) is 3.68. The highest BCUT2D eigenvalue weighted by molar-refractivity contribution is 5.76. The third-order valence-electron chi connectivity index (χ3n) is 4.23. The molecule has 27 heavy (non-hydrogen) atoms. The van der Waals surface area contributed by atoms with E-state index in [1.54, 1.807) is 17.3 Å². The summed E-state index contributed by atoms with van der Waals surface area (Å²) in [4.78, 5) is 30.3. The van der Waals surface area contributed by atoms with Gasteiger partial charge in [0.05, 0.1) is 6.54 Å². The van der Waals surface area contributed by atoms with Gasteiger partial charge in [-0.2, -0.15) is 0 Å². The molecule has 1 aromatic rings. The van der Waals surface area contributed by atoms with Crippen LogP contribution in [0.4, 0.5) is 4.79 Å². The van der Waals surface area contributed by atoms with E-state index in [0.717, 1.165) is 18.4 Å². The van der Waals surface area contributed by atoms with E-state index in [0.29, 0.717) is 38.4 Å². The molecule has 0 radical (unpaired) electrons. The molecule has 2 rings (SSSR count). The van der Waals surface area contributed by atoms with Crippen LogP contribution in [0.1, 0.15) is 52.0 Å². The van der Waals surface area contributed by atoms with Crippen molar-refractivity contribution in [1.82, 2.24) is 15.2 Å². The highest BCUT2D eigenvalue weighted by atomic mass is 16.6. The Kier molecular flexibility index (Phi) is 7.82. The van der Waals surface area contributed by atoms with Gasteiger partial charge in [-0.15, -0.1) is 0 Å². The Morgan fingerprint density at radius 3 is 2.81 bits per heavy atom. The molecule has 1 N–H and O–H groups in total. The maximum absolute atomic E-state index is 12.5. The summed E-state index contributed by atoms with van der Waals surface area (Å²) in [6, 6.07) is 3.78. The Morgan fingerprint density at radius 1 is 1.37 bits per heavy atom. The van der Waals surface area contributed by atoms with Crippen LogP contribution < -0.4 is 5.32 Å². The number of rotatable bonds is 8. The fourth-order valence-electron chi connectivity index (χ4n) is 2.95. The largest absolute Gasteiger partial charge is 0.444 e. The Balaban J connectivity index is 1.80. The van der Waals surface area contributed by atoms with Crippen molar-refractivity contribution < 1.29 is 14.3 Å². The summed E-state index contributed by atoms with van der Waals surface area (Å²) in [6.45, 7) is 7.04. The minimum absolute atomic E-state index is 0.0719. The first kappa shape index (κ1) is 20.9. The first-order chi connectivity index (χ1) is 12.8. The van der Waals surface area contributed by atoms with E-state index in [4.69, 9.17) is 4.74 Å². The molecule has 1 aliphatic carbocycles. The lowest BCUT2D eigenvalue weighted by Gasteiger charge is -2.27. The van der Waals surface area contributed by atoms with Crippen LogP contribution in [0.25, 0.3) is 0 Å². The number of carbonyl (C=O) groups is 2. The predicted molar refractivity (Wildman–Crippen MR) is 105 cm³/mol. The van der Waals surface area contributed by atoms with Crippen LogP contribution in [-0.2, 0) is 16.1 Å². The molecule has 0 spiro atoms. The minimum atomic E-state index is -0.548. The monoisotopic (exact) mass is 373 g/mol. The number of amides is 2. The molecule has 0 bridgehead atoms. The maximum atomic E-state index is 12.5. The lowest BCUT2D eigenvalue weighted by molar-refractivity contribution is -0.121. The molecular formula is C21H31N3O3. The molecular weight excluding hydrogens is 342 g/mol. The summed E-state index contributed by atoms with van der Waals surface area (Å²) < 4.78 is 5.51. The standard InChI is InChI=1S/C21H31N3O3/c1-21(2,3)27-20(26)24(16-18-10-6-11-22-15-18)13-7-12-23-19(25)14-17-8-4-5-9-17/h4,6,8,10-11,15,17H,5,7,9,12-14,16H2,1-3H3,(H,23,25). The highest BCUT2D eigenvalue weighted by Gasteiger charge is 2.22. The Labute approximate surface area is 162 Å². The number of carbonyl (C=O) groups excluding carboxylic acids is 2. The van der Waals surface area contributed by atoms with Crippen molar-refractivity contribution in [2.24, 2.45) is 5.92 Å². The second kappa shape index (κ2) is 10.1. The van der Waals surface area contributed by atoms with Crippen LogP contribution in [0, 0.1) is 5.92 Å². The van der Waals surface area contributed by atoms with E-state index in [-0.39, 0.29) is 12.0 Å². The molecule has 148 valence electrons. The number of pyridine rings is 1. The molecule has 6 heteroatoms. The van der Waals surface area contributed by atoms with E-state index in [2.05, 4.69) is 22.5 Å². The van der Waals surface area contributed by atoms with Gasteiger partial charge >= 0.3 is 6.09 Å². The SMILES string of the molecule is CC(C)(C)OC(=O)N(CCCNC(=O)CC1C=CCC1)Cc1cccnc1. The molecule has 0 saturated carbocycles. The van der Waals surface area contributed by atoms with Gasteiger partial charge in [0, 0.05) is 31.9 Å². The summed E-state index contributed by atoms with van der Waals surface area (Å²) in [7, 11) is 0. The van der Waals surface area contributed by atoms with Crippen molar-refractivity contribution in [2.45, 2.75) is 58.6 Å². The van der Waals surface area contributed by atoms with Gasteiger partial charge in [-0.3, -0.25) is 9.78 Å².